The van der Waals surface area contributed by atoms with E-state index in [0.717, 1.165) is 15.9 Å². The van der Waals surface area contributed by atoms with Crippen LogP contribution in [0.25, 0.3) is 11.1 Å². The Morgan fingerprint density at radius 1 is 1.52 bits per heavy atom. The molecule has 0 saturated carbocycles. The van der Waals surface area contributed by atoms with Crippen molar-refractivity contribution in [3.05, 3.63) is 43.8 Å². The second kappa shape index (κ2) is 8.24. The molecule has 0 fully saturated rings. The molecule has 3 rings (SSSR count). The first-order chi connectivity index (χ1) is 12.1. The van der Waals surface area contributed by atoms with Crippen LogP contribution in [0, 0.1) is 11.8 Å². The van der Waals surface area contributed by atoms with E-state index in [1.807, 2.05) is 11.4 Å². The van der Waals surface area contributed by atoms with Gasteiger partial charge in [0.25, 0.3) is 0 Å². The van der Waals surface area contributed by atoms with Crippen LogP contribution in [-0.4, -0.2) is 11.0 Å². The van der Waals surface area contributed by atoms with Crippen LogP contribution in [0.3, 0.4) is 0 Å². The van der Waals surface area contributed by atoms with Crippen LogP contribution in [0.2, 0.25) is 5.15 Å². The summed E-state index contributed by atoms with van der Waals surface area (Å²) < 4.78 is 6.85. The summed E-state index contributed by atoms with van der Waals surface area (Å²) in [5.41, 5.74) is 8.32. The van der Waals surface area contributed by atoms with Gasteiger partial charge in [0.05, 0.1) is 10.2 Å². The van der Waals surface area contributed by atoms with Gasteiger partial charge in [-0.15, -0.1) is 23.2 Å². The standard InChI is InChI=1S/C18H17BrClN3OS/c1-2-3-5-11(21)8-14-16(19)17-18(24-14)13(9-15(20)23-17)22-10-12-6-4-7-25-12/h4,6-7,9,11H,5,8,10,21H2,1H3,(H,22,23). The van der Waals surface area contributed by atoms with Crippen LogP contribution in [0.1, 0.15) is 24.0 Å². The number of nitrogens with one attached hydrogen (secondary N) is 1. The van der Waals surface area contributed by atoms with E-state index in [1.165, 1.54) is 4.88 Å². The van der Waals surface area contributed by atoms with Crippen LogP contribution >= 0.6 is 38.9 Å². The highest BCUT2D eigenvalue weighted by atomic mass is 79.9. The van der Waals surface area contributed by atoms with Gasteiger partial charge in [-0.2, -0.15) is 0 Å². The van der Waals surface area contributed by atoms with Crippen molar-refractivity contribution in [1.29, 1.82) is 0 Å². The van der Waals surface area contributed by atoms with E-state index >= 15 is 0 Å². The maximum atomic E-state index is 6.19. The van der Waals surface area contributed by atoms with E-state index in [1.54, 1.807) is 24.3 Å². The van der Waals surface area contributed by atoms with E-state index in [0.29, 0.717) is 35.6 Å². The lowest BCUT2D eigenvalue weighted by Gasteiger charge is -2.06. The number of hydrogen-bond donors (Lipinski definition) is 2. The summed E-state index contributed by atoms with van der Waals surface area (Å²) in [5.74, 6) is 6.62. The van der Waals surface area contributed by atoms with Gasteiger partial charge >= 0.3 is 0 Å². The van der Waals surface area contributed by atoms with Crippen LogP contribution in [-0.2, 0) is 13.0 Å². The quantitative estimate of drug-likeness (QED) is 0.410. The van der Waals surface area contributed by atoms with Gasteiger partial charge in [0.2, 0.25) is 0 Å². The van der Waals surface area contributed by atoms with Gasteiger partial charge in [0.15, 0.2) is 5.58 Å². The largest absolute Gasteiger partial charge is 0.456 e. The van der Waals surface area contributed by atoms with Crippen LogP contribution in [0.4, 0.5) is 5.69 Å². The fourth-order valence-corrected chi connectivity index (χ4v) is 3.81. The average molecular weight is 439 g/mol. The number of nitrogens with two attached hydrogens (primary N) is 1. The number of hydrogen-bond acceptors (Lipinski definition) is 5. The number of pyridine rings is 1. The van der Waals surface area contributed by atoms with E-state index < -0.39 is 0 Å². The van der Waals surface area contributed by atoms with Crippen molar-refractivity contribution in [2.75, 3.05) is 5.32 Å². The summed E-state index contributed by atoms with van der Waals surface area (Å²) in [4.78, 5) is 5.62. The lowest BCUT2D eigenvalue weighted by Crippen LogP contribution is -2.21. The van der Waals surface area contributed by atoms with E-state index in [-0.39, 0.29) is 6.04 Å². The third-order valence-corrected chi connectivity index (χ3v) is 5.53. The first-order valence-electron chi connectivity index (χ1n) is 7.77. The van der Waals surface area contributed by atoms with E-state index in [4.69, 9.17) is 21.8 Å². The lowest BCUT2D eigenvalue weighted by atomic mass is 10.1. The van der Waals surface area contributed by atoms with Crippen molar-refractivity contribution in [1.82, 2.24) is 4.98 Å². The Kier molecular flexibility index (Phi) is 6.02. The second-order valence-electron chi connectivity index (χ2n) is 5.54. The molecule has 0 aliphatic carbocycles. The lowest BCUT2D eigenvalue weighted by molar-refractivity contribution is 0.514. The Bertz CT molecular complexity index is 927. The summed E-state index contributed by atoms with van der Waals surface area (Å²) in [5, 5.41) is 5.84. The van der Waals surface area contributed by atoms with Crippen LogP contribution in [0.15, 0.2) is 32.5 Å². The summed E-state index contributed by atoms with van der Waals surface area (Å²) in [6.45, 7) is 2.51. The number of rotatable bonds is 6. The van der Waals surface area contributed by atoms with Gasteiger partial charge in [-0.05, 0) is 34.3 Å². The van der Waals surface area contributed by atoms with Gasteiger partial charge in [-0.1, -0.05) is 17.7 Å². The molecule has 7 heteroatoms. The molecule has 0 bridgehead atoms. The minimum absolute atomic E-state index is 0.0951. The smallest absolute Gasteiger partial charge is 0.177 e. The molecule has 0 aromatic carbocycles. The van der Waals surface area contributed by atoms with Gasteiger partial charge in [-0.3, -0.25) is 0 Å². The van der Waals surface area contributed by atoms with Gasteiger partial charge in [0, 0.05) is 36.4 Å². The zero-order valence-electron chi connectivity index (χ0n) is 13.6. The zero-order chi connectivity index (χ0) is 17.8. The first-order valence-corrected chi connectivity index (χ1v) is 9.82. The van der Waals surface area contributed by atoms with Crippen molar-refractivity contribution in [2.45, 2.75) is 32.4 Å². The monoisotopic (exact) mass is 437 g/mol. The number of aromatic nitrogens is 1. The number of nitrogens with zero attached hydrogens (tertiary/aromatic N) is 1. The van der Waals surface area contributed by atoms with Crippen LogP contribution in [0.5, 0.6) is 0 Å². The number of anilines is 1. The van der Waals surface area contributed by atoms with E-state index in [2.05, 4.69) is 44.1 Å². The Morgan fingerprint density at radius 3 is 3.08 bits per heavy atom. The highest BCUT2D eigenvalue weighted by molar-refractivity contribution is 9.10. The predicted octanol–water partition coefficient (Wildman–Crippen LogP) is 5.20. The summed E-state index contributed by atoms with van der Waals surface area (Å²) >= 11 is 11.5. The molecule has 0 amide bonds. The molecule has 3 aromatic heterocycles. The average Bonchev–Trinajstić information content (AvgIpc) is 3.21. The molecule has 3 aromatic rings. The molecule has 0 saturated heterocycles. The third-order valence-electron chi connectivity index (χ3n) is 3.64. The Balaban J connectivity index is 1.89. The van der Waals surface area contributed by atoms with Crippen molar-refractivity contribution < 1.29 is 4.42 Å². The SMILES string of the molecule is CC#CCC(N)Cc1oc2c(NCc3cccs3)cc(Cl)nc2c1Br. The molecule has 1 unspecified atom stereocenters. The molecular weight excluding hydrogens is 422 g/mol. The van der Waals surface area contributed by atoms with Gasteiger partial charge < -0.3 is 15.5 Å². The molecular formula is C18H17BrClN3OS. The number of fused-ring (bicyclic) bond motifs is 1. The molecule has 0 aliphatic rings. The summed E-state index contributed by atoms with van der Waals surface area (Å²) in [6, 6.07) is 5.79. The van der Waals surface area contributed by atoms with E-state index in [9.17, 15) is 0 Å². The maximum absolute atomic E-state index is 6.19. The third kappa shape index (κ3) is 4.36. The molecule has 0 spiro atoms. The maximum Gasteiger partial charge on any atom is 0.177 e. The number of halogens is 2. The minimum Gasteiger partial charge on any atom is -0.456 e. The molecule has 3 heterocycles. The van der Waals surface area contributed by atoms with Crippen molar-refractivity contribution >= 4 is 55.7 Å². The molecule has 1 atom stereocenters. The fourth-order valence-electron chi connectivity index (χ4n) is 2.46. The Morgan fingerprint density at radius 2 is 2.36 bits per heavy atom. The fraction of sp³-hybridized carbons (Fsp3) is 0.278. The van der Waals surface area contributed by atoms with Gasteiger partial charge in [-0.25, -0.2) is 4.98 Å². The molecule has 25 heavy (non-hydrogen) atoms. The van der Waals surface area contributed by atoms with Crippen molar-refractivity contribution in [3.8, 4) is 11.8 Å². The Labute approximate surface area is 163 Å². The zero-order valence-corrected chi connectivity index (χ0v) is 16.8. The van der Waals surface area contributed by atoms with Crippen molar-refractivity contribution in [2.24, 2.45) is 5.73 Å². The highest BCUT2D eigenvalue weighted by Crippen LogP contribution is 2.36. The Hall–Kier alpha value is -1.52. The molecule has 0 radical (unpaired) electrons. The molecule has 4 nitrogen and oxygen atoms in total. The molecule has 0 aliphatic heterocycles. The normalized spacial score (nSPS) is 12.0. The van der Waals surface area contributed by atoms with Crippen molar-refractivity contribution in [3.63, 3.8) is 0 Å². The predicted molar refractivity (Wildman–Crippen MR) is 108 cm³/mol. The topological polar surface area (TPSA) is 64.1 Å². The number of furan rings is 1. The van der Waals surface area contributed by atoms with Gasteiger partial charge in [0.1, 0.15) is 16.4 Å². The first kappa shape index (κ1) is 18.3. The summed E-state index contributed by atoms with van der Waals surface area (Å²) in [7, 11) is 0. The molecule has 130 valence electrons. The second-order valence-corrected chi connectivity index (χ2v) is 7.75. The highest BCUT2D eigenvalue weighted by Gasteiger charge is 2.19. The summed E-state index contributed by atoms with van der Waals surface area (Å²) in [6.07, 6.45) is 1.20. The van der Waals surface area contributed by atoms with Crippen LogP contribution < -0.4 is 11.1 Å². The molecule has 3 N–H and O–H groups in total. The number of thiophene rings is 1. The minimum atomic E-state index is -0.0951.